The lowest BCUT2D eigenvalue weighted by Gasteiger charge is -2.26. The van der Waals surface area contributed by atoms with Crippen LogP contribution in [0.4, 0.5) is 4.39 Å². The number of halogens is 1. The van der Waals surface area contributed by atoms with Crippen LogP contribution in [0.25, 0.3) is 0 Å². The third kappa shape index (κ3) is 4.02. The van der Waals surface area contributed by atoms with Crippen LogP contribution in [0.1, 0.15) is 16.2 Å². The standard InChI is InChI=1S/C17H20FN3O5S/c1-12-17(27(23,24)20-7-9-25-10-8-20)13(2)21(19-12)16(22)11-26-15-5-3-14(18)4-6-15/h3-6H,7-11H2,1-2H3. The van der Waals surface area contributed by atoms with Crippen LogP contribution in [-0.2, 0) is 14.8 Å². The van der Waals surface area contributed by atoms with Crippen molar-refractivity contribution in [1.29, 1.82) is 0 Å². The fraction of sp³-hybridized carbons (Fsp3) is 0.412. The average Bonchev–Trinajstić information content (AvgIpc) is 2.96. The van der Waals surface area contributed by atoms with Crippen LogP contribution in [0.15, 0.2) is 29.2 Å². The highest BCUT2D eigenvalue weighted by Crippen LogP contribution is 2.24. The first kappa shape index (κ1) is 19.5. The minimum Gasteiger partial charge on any atom is -0.484 e. The van der Waals surface area contributed by atoms with Gasteiger partial charge in [0, 0.05) is 13.1 Å². The van der Waals surface area contributed by atoms with Crippen molar-refractivity contribution >= 4 is 15.9 Å². The number of ether oxygens (including phenoxy) is 2. The highest BCUT2D eigenvalue weighted by atomic mass is 32.2. The van der Waals surface area contributed by atoms with Crippen molar-refractivity contribution in [3.8, 4) is 5.75 Å². The number of aromatic nitrogens is 2. The van der Waals surface area contributed by atoms with Gasteiger partial charge in [-0.05, 0) is 38.1 Å². The monoisotopic (exact) mass is 397 g/mol. The maximum atomic E-state index is 12.9. The summed E-state index contributed by atoms with van der Waals surface area (Å²) in [5.74, 6) is -0.610. The van der Waals surface area contributed by atoms with Gasteiger partial charge in [-0.2, -0.15) is 9.40 Å². The molecule has 1 saturated heterocycles. The van der Waals surface area contributed by atoms with E-state index in [2.05, 4.69) is 5.10 Å². The van der Waals surface area contributed by atoms with Crippen LogP contribution in [-0.4, -0.2) is 61.3 Å². The van der Waals surface area contributed by atoms with E-state index >= 15 is 0 Å². The molecule has 0 aliphatic carbocycles. The molecular formula is C17H20FN3O5S. The van der Waals surface area contributed by atoms with Crippen LogP contribution < -0.4 is 4.74 Å². The Labute approximate surface area is 156 Å². The van der Waals surface area contributed by atoms with E-state index in [4.69, 9.17) is 9.47 Å². The van der Waals surface area contributed by atoms with Gasteiger partial charge in [0.2, 0.25) is 10.0 Å². The van der Waals surface area contributed by atoms with E-state index in [1.165, 1.54) is 35.5 Å². The number of nitrogens with zero attached hydrogens (tertiary/aromatic N) is 3. The van der Waals surface area contributed by atoms with Gasteiger partial charge in [0.1, 0.15) is 16.5 Å². The van der Waals surface area contributed by atoms with Crippen LogP contribution in [0, 0.1) is 19.7 Å². The lowest BCUT2D eigenvalue weighted by molar-refractivity contribution is 0.0729. The Kier molecular flexibility index (Phi) is 5.59. The zero-order valence-electron chi connectivity index (χ0n) is 15.0. The van der Waals surface area contributed by atoms with E-state index in [0.717, 1.165) is 4.68 Å². The van der Waals surface area contributed by atoms with Crippen LogP contribution in [0.5, 0.6) is 5.75 Å². The number of hydrogen-bond acceptors (Lipinski definition) is 6. The third-order valence-corrected chi connectivity index (χ3v) is 6.36. The predicted molar refractivity (Wildman–Crippen MR) is 93.8 cm³/mol. The van der Waals surface area contributed by atoms with Crippen molar-refractivity contribution in [3.05, 3.63) is 41.5 Å². The Balaban J connectivity index is 1.80. The summed E-state index contributed by atoms with van der Waals surface area (Å²) >= 11 is 0. The summed E-state index contributed by atoms with van der Waals surface area (Å²) in [6, 6.07) is 5.24. The molecule has 0 amide bonds. The van der Waals surface area contributed by atoms with E-state index in [-0.39, 0.29) is 36.0 Å². The molecule has 8 nitrogen and oxygen atoms in total. The maximum Gasteiger partial charge on any atom is 0.285 e. The Hall–Kier alpha value is -2.30. The quantitative estimate of drug-likeness (QED) is 0.757. The summed E-state index contributed by atoms with van der Waals surface area (Å²) < 4.78 is 51.6. The van der Waals surface area contributed by atoms with Crippen molar-refractivity contribution in [2.24, 2.45) is 0 Å². The molecule has 0 saturated carbocycles. The number of benzene rings is 1. The fourth-order valence-corrected chi connectivity index (χ4v) is 4.66. The number of hydrogen-bond donors (Lipinski definition) is 0. The van der Waals surface area contributed by atoms with Crippen molar-refractivity contribution in [2.75, 3.05) is 32.9 Å². The van der Waals surface area contributed by atoms with Crippen LogP contribution >= 0.6 is 0 Å². The smallest absolute Gasteiger partial charge is 0.285 e. The van der Waals surface area contributed by atoms with E-state index in [9.17, 15) is 17.6 Å². The van der Waals surface area contributed by atoms with E-state index in [1.54, 1.807) is 6.92 Å². The fourth-order valence-electron chi connectivity index (χ4n) is 2.90. The Morgan fingerprint density at radius 2 is 1.85 bits per heavy atom. The van der Waals surface area contributed by atoms with Gasteiger partial charge in [-0.25, -0.2) is 17.5 Å². The molecule has 2 aromatic rings. The van der Waals surface area contributed by atoms with Gasteiger partial charge in [-0.3, -0.25) is 4.79 Å². The zero-order valence-corrected chi connectivity index (χ0v) is 15.8. The maximum absolute atomic E-state index is 12.9. The highest BCUT2D eigenvalue weighted by molar-refractivity contribution is 7.89. The third-order valence-electron chi connectivity index (χ3n) is 4.21. The van der Waals surface area contributed by atoms with Crippen molar-refractivity contribution in [1.82, 2.24) is 14.1 Å². The number of carbonyl (C=O) groups is 1. The lowest BCUT2D eigenvalue weighted by atomic mass is 10.3. The summed E-state index contributed by atoms with van der Waals surface area (Å²) in [6.45, 7) is 3.90. The van der Waals surface area contributed by atoms with Crippen molar-refractivity contribution in [3.63, 3.8) is 0 Å². The Morgan fingerprint density at radius 1 is 1.22 bits per heavy atom. The summed E-state index contributed by atoms with van der Waals surface area (Å²) in [5, 5.41) is 4.09. The SMILES string of the molecule is Cc1nn(C(=O)COc2ccc(F)cc2)c(C)c1S(=O)(=O)N1CCOCC1. The molecule has 1 aromatic carbocycles. The van der Waals surface area contributed by atoms with Crippen molar-refractivity contribution in [2.45, 2.75) is 18.7 Å². The molecule has 0 N–H and O–H groups in total. The van der Waals surface area contributed by atoms with Gasteiger partial charge in [0.25, 0.3) is 5.91 Å². The van der Waals surface area contributed by atoms with Crippen LogP contribution in [0.3, 0.4) is 0 Å². The largest absolute Gasteiger partial charge is 0.484 e. The summed E-state index contributed by atoms with van der Waals surface area (Å²) in [6.07, 6.45) is 0. The van der Waals surface area contributed by atoms with Gasteiger partial charge in [0.05, 0.1) is 24.6 Å². The molecule has 10 heteroatoms. The van der Waals surface area contributed by atoms with Gasteiger partial charge >= 0.3 is 0 Å². The number of morpholine rings is 1. The first-order chi connectivity index (χ1) is 12.8. The molecule has 1 fully saturated rings. The van der Waals surface area contributed by atoms with Gasteiger partial charge in [0.15, 0.2) is 6.61 Å². The second-order valence-corrected chi connectivity index (χ2v) is 7.94. The molecular weight excluding hydrogens is 377 g/mol. The van der Waals surface area contributed by atoms with Gasteiger partial charge < -0.3 is 9.47 Å². The molecule has 1 aliphatic rings. The summed E-state index contributed by atoms with van der Waals surface area (Å²) in [7, 11) is -3.77. The molecule has 3 rings (SSSR count). The van der Waals surface area contributed by atoms with E-state index in [1.807, 2.05) is 0 Å². The Bertz CT molecular complexity index is 934. The summed E-state index contributed by atoms with van der Waals surface area (Å²) in [5.41, 5.74) is 0.473. The second-order valence-electron chi connectivity index (χ2n) is 6.06. The normalized spacial score (nSPS) is 15.7. The molecule has 0 radical (unpaired) electrons. The molecule has 1 aromatic heterocycles. The molecule has 27 heavy (non-hydrogen) atoms. The zero-order chi connectivity index (χ0) is 19.6. The van der Waals surface area contributed by atoms with E-state index in [0.29, 0.717) is 19.0 Å². The number of aryl methyl sites for hydroxylation is 1. The first-order valence-electron chi connectivity index (χ1n) is 8.36. The molecule has 0 spiro atoms. The minimum absolute atomic E-state index is 0.0273. The second kappa shape index (κ2) is 7.75. The topological polar surface area (TPSA) is 90.7 Å². The predicted octanol–water partition coefficient (Wildman–Crippen LogP) is 1.38. The van der Waals surface area contributed by atoms with E-state index < -0.39 is 21.7 Å². The van der Waals surface area contributed by atoms with Crippen molar-refractivity contribution < 1.29 is 27.1 Å². The summed E-state index contributed by atoms with van der Waals surface area (Å²) in [4.78, 5) is 12.5. The first-order valence-corrected chi connectivity index (χ1v) is 9.80. The molecule has 0 bridgehead atoms. The Morgan fingerprint density at radius 3 is 2.48 bits per heavy atom. The molecule has 0 unspecified atom stereocenters. The minimum atomic E-state index is -3.77. The average molecular weight is 397 g/mol. The number of rotatable bonds is 5. The molecule has 146 valence electrons. The lowest BCUT2D eigenvalue weighted by Crippen LogP contribution is -2.41. The van der Waals surface area contributed by atoms with Gasteiger partial charge in [-0.1, -0.05) is 0 Å². The molecule has 0 atom stereocenters. The molecule has 1 aliphatic heterocycles. The van der Waals surface area contributed by atoms with Gasteiger partial charge in [-0.15, -0.1) is 0 Å². The highest BCUT2D eigenvalue weighted by Gasteiger charge is 2.33. The molecule has 2 heterocycles. The number of sulfonamides is 1. The number of carbonyl (C=O) groups excluding carboxylic acids is 1. The van der Waals surface area contributed by atoms with Crippen LogP contribution in [0.2, 0.25) is 0 Å².